The van der Waals surface area contributed by atoms with Crippen LogP contribution in [0.15, 0.2) is 30.3 Å². The van der Waals surface area contributed by atoms with E-state index < -0.39 is 0 Å². The van der Waals surface area contributed by atoms with E-state index in [2.05, 4.69) is 29.3 Å². The molecule has 2 fully saturated rings. The Hall–Kier alpha value is -2.47. The summed E-state index contributed by atoms with van der Waals surface area (Å²) in [6.45, 7) is 8.75. The summed E-state index contributed by atoms with van der Waals surface area (Å²) in [5.74, 6) is 1.80. The Kier molecular flexibility index (Phi) is 6.56. The molecule has 3 heterocycles. The molecule has 6 heteroatoms. The molecule has 0 unspecified atom stereocenters. The summed E-state index contributed by atoms with van der Waals surface area (Å²) < 4.78 is 0. The molecular weight excluding hydrogens is 386 g/mol. The number of aryl methyl sites for hydroxylation is 1. The summed E-state index contributed by atoms with van der Waals surface area (Å²) in [6.07, 6.45) is 5.78. The van der Waals surface area contributed by atoms with Crippen molar-refractivity contribution in [2.75, 3.05) is 38.5 Å². The van der Waals surface area contributed by atoms with Crippen molar-refractivity contribution in [3.63, 3.8) is 0 Å². The number of hydrogen-bond acceptors (Lipinski definition) is 5. The predicted octanol–water partition coefficient (Wildman–Crippen LogP) is 4.01. The molecular formula is C25H35N5O. The van der Waals surface area contributed by atoms with Gasteiger partial charge in [-0.3, -0.25) is 9.69 Å². The van der Waals surface area contributed by atoms with Gasteiger partial charge in [0.25, 0.3) is 5.91 Å². The molecule has 1 aromatic carbocycles. The molecule has 1 amide bonds. The number of carbonyl (C=O) groups is 1. The maximum atomic E-state index is 13.6. The van der Waals surface area contributed by atoms with E-state index in [0.717, 1.165) is 67.5 Å². The summed E-state index contributed by atoms with van der Waals surface area (Å²) in [4.78, 5) is 27.6. The first kappa shape index (κ1) is 21.8. The summed E-state index contributed by atoms with van der Waals surface area (Å²) in [6, 6.07) is 10.1. The van der Waals surface area contributed by atoms with Gasteiger partial charge in [0.2, 0.25) is 0 Å². The zero-order valence-corrected chi connectivity index (χ0v) is 19.2. The molecule has 2 aromatic rings. The third-order valence-corrected chi connectivity index (χ3v) is 6.72. The average Bonchev–Trinajstić information content (AvgIpc) is 2.79. The summed E-state index contributed by atoms with van der Waals surface area (Å²) in [5.41, 5.74) is 2.70. The van der Waals surface area contributed by atoms with E-state index in [9.17, 15) is 4.79 Å². The normalized spacial score (nSPS) is 22.4. The quantitative estimate of drug-likeness (QED) is 0.790. The highest BCUT2D eigenvalue weighted by Crippen LogP contribution is 2.33. The van der Waals surface area contributed by atoms with Crippen molar-refractivity contribution >= 4 is 11.7 Å². The van der Waals surface area contributed by atoms with E-state index in [0.29, 0.717) is 6.54 Å². The van der Waals surface area contributed by atoms with Gasteiger partial charge < -0.3 is 10.2 Å². The van der Waals surface area contributed by atoms with Gasteiger partial charge >= 0.3 is 0 Å². The second kappa shape index (κ2) is 9.35. The zero-order chi connectivity index (χ0) is 21.8. The fourth-order valence-corrected chi connectivity index (χ4v) is 4.96. The highest BCUT2D eigenvalue weighted by atomic mass is 16.2. The first-order valence-electron chi connectivity index (χ1n) is 11.6. The van der Waals surface area contributed by atoms with Crippen LogP contribution in [0, 0.1) is 6.92 Å². The molecule has 0 radical (unpaired) electrons. The van der Waals surface area contributed by atoms with Gasteiger partial charge in [-0.05, 0) is 57.3 Å². The maximum absolute atomic E-state index is 13.6. The molecule has 0 spiro atoms. The molecule has 1 atom stereocenters. The average molecular weight is 422 g/mol. The van der Waals surface area contributed by atoms with Crippen LogP contribution in [0.25, 0.3) is 0 Å². The minimum atomic E-state index is -0.243. The van der Waals surface area contributed by atoms with Crippen molar-refractivity contribution in [3.05, 3.63) is 53.0 Å². The highest BCUT2D eigenvalue weighted by molar-refractivity contribution is 5.95. The van der Waals surface area contributed by atoms with Crippen molar-refractivity contribution in [1.29, 1.82) is 0 Å². The molecule has 2 aliphatic heterocycles. The number of hydrogen-bond donors (Lipinski definition) is 1. The van der Waals surface area contributed by atoms with Gasteiger partial charge in [-0.25, -0.2) is 9.97 Å². The number of piperidine rings is 2. The number of nitrogens with zero attached hydrogens (tertiary/aromatic N) is 4. The third kappa shape index (κ3) is 4.90. The molecule has 1 N–H and O–H groups in total. The maximum Gasteiger partial charge on any atom is 0.254 e. The van der Waals surface area contributed by atoms with E-state index in [1.807, 2.05) is 37.1 Å². The van der Waals surface area contributed by atoms with E-state index in [1.165, 1.54) is 19.3 Å². The van der Waals surface area contributed by atoms with Crippen LogP contribution in [0.4, 0.5) is 5.82 Å². The van der Waals surface area contributed by atoms with Crippen molar-refractivity contribution in [1.82, 2.24) is 19.8 Å². The molecule has 6 nitrogen and oxygen atoms in total. The Morgan fingerprint density at radius 2 is 1.87 bits per heavy atom. The molecule has 2 saturated heterocycles. The van der Waals surface area contributed by atoms with Crippen LogP contribution in [0.5, 0.6) is 0 Å². The number of aromatic nitrogens is 2. The van der Waals surface area contributed by atoms with Crippen LogP contribution in [0.1, 0.15) is 66.5 Å². The van der Waals surface area contributed by atoms with Crippen LogP contribution in [0.2, 0.25) is 0 Å². The Morgan fingerprint density at radius 1 is 1.10 bits per heavy atom. The number of carbonyl (C=O) groups excluding carboxylic acids is 1. The topological polar surface area (TPSA) is 61.4 Å². The lowest BCUT2D eigenvalue weighted by atomic mass is 9.80. The molecule has 0 bridgehead atoms. The van der Waals surface area contributed by atoms with E-state index in [-0.39, 0.29) is 11.3 Å². The Bertz CT molecular complexity index is 924. The van der Waals surface area contributed by atoms with Crippen molar-refractivity contribution < 1.29 is 4.79 Å². The van der Waals surface area contributed by atoms with Gasteiger partial charge in [0.15, 0.2) is 0 Å². The fraction of sp³-hybridized carbons (Fsp3) is 0.560. The minimum absolute atomic E-state index is 0.139. The molecule has 166 valence electrons. The van der Waals surface area contributed by atoms with E-state index in [4.69, 9.17) is 9.97 Å². The number of benzene rings is 1. The van der Waals surface area contributed by atoms with Gasteiger partial charge in [-0.15, -0.1) is 0 Å². The van der Waals surface area contributed by atoms with Gasteiger partial charge in [-0.1, -0.05) is 31.5 Å². The third-order valence-electron chi connectivity index (χ3n) is 6.72. The van der Waals surface area contributed by atoms with Gasteiger partial charge in [0.1, 0.15) is 11.6 Å². The number of amides is 1. The van der Waals surface area contributed by atoms with Gasteiger partial charge in [0.05, 0.1) is 0 Å². The summed E-state index contributed by atoms with van der Waals surface area (Å²) in [5, 5.41) is 3.13. The number of likely N-dealkylation sites (tertiary alicyclic amines) is 2. The first-order valence-corrected chi connectivity index (χ1v) is 11.6. The van der Waals surface area contributed by atoms with Gasteiger partial charge in [0, 0.05) is 49.4 Å². The van der Waals surface area contributed by atoms with Crippen LogP contribution in [-0.2, 0) is 12.0 Å². The molecule has 31 heavy (non-hydrogen) atoms. The van der Waals surface area contributed by atoms with Crippen molar-refractivity contribution in [3.8, 4) is 0 Å². The summed E-state index contributed by atoms with van der Waals surface area (Å²) >= 11 is 0. The lowest BCUT2D eigenvalue weighted by molar-refractivity contribution is 0.0641. The van der Waals surface area contributed by atoms with Crippen LogP contribution in [0.3, 0.4) is 0 Å². The van der Waals surface area contributed by atoms with Crippen LogP contribution in [-0.4, -0.2) is 58.9 Å². The van der Waals surface area contributed by atoms with Crippen LogP contribution >= 0.6 is 0 Å². The number of nitrogens with one attached hydrogen (secondary N) is 1. The van der Waals surface area contributed by atoms with Crippen molar-refractivity contribution in [2.24, 2.45) is 0 Å². The SMILES string of the molecule is CNc1cc(C)nc([C@]2(C)CCCN(C(=O)c3ccccc3CN3CCCCC3)C2)n1. The number of anilines is 1. The highest BCUT2D eigenvalue weighted by Gasteiger charge is 2.38. The monoisotopic (exact) mass is 421 g/mol. The molecule has 1 aromatic heterocycles. The Labute approximate surface area is 186 Å². The standard InChI is InChI=1S/C25H35N5O/c1-19-16-22(26-3)28-24(27-19)25(2)12-9-15-30(18-25)23(31)21-11-6-5-10-20(21)17-29-13-7-4-8-14-29/h5-6,10-11,16H,4,7-9,12-15,17-18H2,1-3H3,(H,26,27,28)/t25-/m1/s1. The lowest BCUT2D eigenvalue weighted by Crippen LogP contribution is -2.48. The second-order valence-corrected chi connectivity index (χ2v) is 9.35. The lowest BCUT2D eigenvalue weighted by Gasteiger charge is -2.40. The fourth-order valence-electron chi connectivity index (χ4n) is 4.96. The van der Waals surface area contributed by atoms with Crippen molar-refractivity contribution in [2.45, 2.75) is 57.9 Å². The molecule has 0 aliphatic carbocycles. The van der Waals surface area contributed by atoms with Gasteiger partial charge in [-0.2, -0.15) is 0 Å². The smallest absolute Gasteiger partial charge is 0.254 e. The minimum Gasteiger partial charge on any atom is -0.373 e. The first-order chi connectivity index (χ1) is 15.0. The molecule has 2 aliphatic rings. The molecule has 4 rings (SSSR count). The van der Waals surface area contributed by atoms with E-state index in [1.54, 1.807) is 0 Å². The second-order valence-electron chi connectivity index (χ2n) is 9.35. The Balaban J connectivity index is 1.55. The van der Waals surface area contributed by atoms with E-state index >= 15 is 0 Å². The van der Waals surface area contributed by atoms with Crippen LogP contribution < -0.4 is 5.32 Å². The molecule has 0 saturated carbocycles. The predicted molar refractivity (Wildman–Crippen MR) is 124 cm³/mol. The zero-order valence-electron chi connectivity index (χ0n) is 19.2. The largest absolute Gasteiger partial charge is 0.373 e. The summed E-state index contributed by atoms with van der Waals surface area (Å²) in [7, 11) is 1.88. The number of rotatable bonds is 5. The Morgan fingerprint density at radius 3 is 2.65 bits per heavy atom.